The minimum Gasteiger partial charge on any atom is -0.462 e. The highest BCUT2D eigenvalue weighted by Gasteiger charge is 2.23. The van der Waals surface area contributed by atoms with Gasteiger partial charge in [0, 0.05) is 31.9 Å². The fourth-order valence-corrected chi connectivity index (χ4v) is 4.31. The second-order valence-electron chi connectivity index (χ2n) is 8.09. The van der Waals surface area contributed by atoms with E-state index in [0.717, 1.165) is 5.69 Å². The molecule has 1 fully saturated rings. The number of esters is 1. The zero-order valence-corrected chi connectivity index (χ0v) is 21.1. The summed E-state index contributed by atoms with van der Waals surface area (Å²) in [4.78, 5) is 29.2. The van der Waals surface area contributed by atoms with Gasteiger partial charge in [0.1, 0.15) is 5.82 Å². The molecule has 2 amide bonds. The lowest BCUT2D eigenvalue weighted by Gasteiger charge is -2.38. The van der Waals surface area contributed by atoms with E-state index in [1.54, 1.807) is 55.5 Å². The van der Waals surface area contributed by atoms with Crippen LogP contribution in [0.4, 0.5) is 31.9 Å². The van der Waals surface area contributed by atoms with Crippen molar-refractivity contribution in [2.75, 3.05) is 53.2 Å². The Morgan fingerprint density at radius 2 is 1.58 bits per heavy atom. The minimum absolute atomic E-state index is 0.235. The molecule has 0 spiro atoms. The smallest absolute Gasteiger partial charge is 0.338 e. The van der Waals surface area contributed by atoms with Gasteiger partial charge in [0.05, 0.1) is 39.3 Å². The van der Waals surface area contributed by atoms with Crippen molar-refractivity contribution >= 4 is 58.0 Å². The fraction of sp³-hybridized carbons (Fsp3) is 0.231. The number of amides is 2. The van der Waals surface area contributed by atoms with E-state index >= 15 is 0 Å². The van der Waals surface area contributed by atoms with Crippen molar-refractivity contribution < 1.29 is 18.7 Å². The zero-order valence-electron chi connectivity index (χ0n) is 19.6. The Balaban J connectivity index is 1.53. The van der Waals surface area contributed by atoms with Crippen LogP contribution in [0.5, 0.6) is 0 Å². The van der Waals surface area contributed by atoms with Gasteiger partial charge in [-0.05, 0) is 55.5 Å². The molecule has 7 nitrogen and oxygen atoms in total. The largest absolute Gasteiger partial charge is 0.462 e. The molecule has 4 rings (SSSR count). The van der Waals surface area contributed by atoms with E-state index < -0.39 is 12.0 Å². The Hall–Kier alpha value is -3.49. The van der Waals surface area contributed by atoms with Crippen molar-refractivity contribution in [3.63, 3.8) is 0 Å². The van der Waals surface area contributed by atoms with E-state index in [-0.39, 0.29) is 12.4 Å². The molecule has 1 aliphatic heterocycles. The van der Waals surface area contributed by atoms with E-state index in [1.807, 2.05) is 11.0 Å². The first kappa shape index (κ1) is 25.6. The lowest BCUT2D eigenvalue weighted by atomic mass is 10.1. The molecule has 188 valence electrons. The Morgan fingerprint density at radius 1 is 0.889 bits per heavy atom. The number of halogens is 3. The van der Waals surface area contributed by atoms with E-state index in [9.17, 15) is 14.0 Å². The molecule has 0 atom stereocenters. The lowest BCUT2D eigenvalue weighted by Crippen LogP contribution is -2.47. The third-order valence-corrected chi connectivity index (χ3v) is 6.49. The maximum Gasteiger partial charge on any atom is 0.338 e. The van der Waals surface area contributed by atoms with Gasteiger partial charge in [0.15, 0.2) is 0 Å². The van der Waals surface area contributed by atoms with Crippen LogP contribution in [0.3, 0.4) is 0 Å². The number of hydrogen-bond donors (Lipinski definition) is 2. The molecular weight excluding hydrogens is 506 g/mol. The average Bonchev–Trinajstić information content (AvgIpc) is 2.87. The van der Waals surface area contributed by atoms with Crippen LogP contribution in [-0.4, -0.2) is 44.8 Å². The molecule has 0 bridgehead atoms. The van der Waals surface area contributed by atoms with Crippen molar-refractivity contribution in [1.29, 1.82) is 0 Å². The first-order valence-corrected chi connectivity index (χ1v) is 12.2. The number of piperazine rings is 1. The lowest BCUT2D eigenvalue weighted by molar-refractivity contribution is 0.0526. The predicted octanol–water partition coefficient (Wildman–Crippen LogP) is 6.28. The number of rotatable bonds is 6. The molecule has 10 heteroatoms. The van der Waals surface area contributed by atoms with Gasteiger partial charge in [-0.3, -0.25) is 0 Å². The number of hydrogen-bond acceptors (Lipinski definition) is 5. The SMILES string of the molecule is CCOC(=O)c1ccc(N2CCN(c3ccccc3F)CC2)c(NC(=O)Nc2ccc(Cl)c(Cl)c2)c1. The minimum atomic E-state index is -0.513. The Labute approximate surface area is 218 Å². The number of carbonyl (C=O) groups is 2. The second-order valence-corrected chi connectivity index (χ2v) is 8.90. The molecule has 1 aliphatic rings. The number of ether oxygens (including phenoxy) is 1. The van der Waals surface area contributed by atoms with Crippen LogP contribution in [0, 0.1) is 5.82 Å². The highest BCUT2D eigenvalue weighted by molar-refractivity contribution is 6.42. The number of anilines is 4. The molecule has 3 aromatic rings. The number of para-hydroxylation sites is 1. The predicted molar refractivity (Wildman–Crippen MR) is 142 cm³/mol. The highest BCUT2D eigenvalue weighted by Crippen LogP contribution is 2.31. The Morgan fingerprint density at radius 3 is 2.25 bits per heavy atom. The molecule has 2 N–H and O–H groups in total. The molecule has 1 heterocycles. The Bertz CT molecular complexity index is 1270. The third-order valence-electron chi connectivity index (χ3n) is 5.75. The molecule has 0 saturated carbocycles. The first-order valence-electron chi connectivity index (χ1n) is 11.4. The maximum absolute atomic E-state index is 14.2. The summed E-state index contributed by atoms with van der Waals surface area (Å²) in [7, 11) is 0. The van der Waals surface area contributed by atoms with E-state index in [0.29, 0.717) is 58.8 Å². The normalized spacial score (nSPS) is 13.3. The van der Waals surface area contributed by atoms with Gasteiger partial charge in [0.2, 0.25) is 0 Å². The van der Waals surface area contributed by atoms with Crippen LogP contribution >= 0.6 is 23.2 Å². The second kappa shape index (κ2) is 11.5. The highest BCUT2D eigenvalue weighted by atomic mass is 35.5. The molecule has 0 aromatic heterocycles. The summed E-state index contributed by atoms with van der Waals surface area (Å²) in [5.41, 5.74) is 2.52. The maximum atomic E-state index is 14.2. The molecular formula is C26H25Cl2FN4O3. The summed E-state index contributed by atoms with van der Waals surface area (Å²) >= 11 is 12.0. The summed E-state index contributed by atoms with van der Waals surface area (Å²) in [5, 5.41) is 6.24. The standard InChI is InChI=1S/C26H25Cl2FN4O3/c1-2-36-25(34)17-7-10-24(33-13-11-32(12-14-33)23-6-4-3-5-21(23)29)22(15-17)31-26(35)30-18-8-9-19(27)20(28)16-18/h3-10,15-16H,2,11-14H2,1H3,(H2,30,31,35). The first-order chi connectivity index (χ1) is 17.4. The van der Waals surface area contributed by atoms with Crippen molar-refractivity contribution in [3.05, 3.63) is 82.1 Å². The fourth-order valence-electron chi connectivity index (χ4n) is 4.01. The van der Waals surface area contributed by atoms with Gasteiger partial charge < -0.3 is 25.2 Å². The molecule has 1 saturated heterocycles. The van der Waals surface area contributed by atoms with Gasteiger partial charge in [-0.25, -0.2) is 14.0 Å². The quantitative estimate of drug-likeness (QED) is 0.367. The number of urea groups is 1. The van der Waals surface area contributed by atoms with Crippen LogP contribution in [0.25, 0.3) is 0 Å². The van der Waals surface area contributed by atoms with Crippen LogP contribution in [0.1, 0.15) is 17.3 Å². The van der Waals surface area contributed by atoms with Crippen LogP contribution in [-0.2, 0) is 4.74 Å². The number of carbonyl (C=O) groups excluding carboxylic acids is 2. The van der Waals surface area contributed by atoms with Crippen LogP contribution < -0.4 is 20.4 Å². The summed E-state index contributed by atoms with van der Waals surface area (Å²) in [6.07, 6.45) is 0. The van der Waals surface area contributed by atoms with Gasteiger partial charge in [-0.1, -0.05) is 35.3 Å². The van der Waals surface area contributed by atoms with Crippen molar-refractivity contribution in [3.8, 4) is 0 Å². The number of nitrogens with zero attached hydrogens (tertiary/aromatic N) is 2. The van der Waals surface area contributed by atoms with Crippen molar-refractivity contribution in [2.24, 2.45) is 0 Å². The molecule has 36 heavy (non-hydrogen) atoms. The number of benzene rings is 3. The van der Waals surface area contributed by atoms with Crippen molar-refractivity contribution in [1.82, 2.24) is 0 Å². The average molecular weight is 531 g/mol. The van der Waals surface area contributed by atoms with E-state index in [2.05, 4.69) is 15.5 Å². The van der Waals surface area contributed by atoms with Gasteiger partial charge >= 0.3 is 12.0 Å². The molecule has 0 unspecified atom stereocenters. The number of nitrogens with one attached hydrogen (secondary N) is 2. The van der Waals surface area contributed by atoms with Gasteiger partial charge in [-0.15, -0.1) is 0 Å². The summed E-state index contributed by atoms with van der Waals surface area (Å²) in [5.74, 6) is -0.743. The zero-order chi connectivity index (χ0) is 25.7. The van der Waals surface area contributed by atoms with E-state index in [1.165, 1.54) is 6.07 Å². The monoisotopic (exact) mass is 530 g/mol. The topological polar surface area (TPSA) is 73.9 Å². The molecule has 0 radical (unpaired) electrons. The summed E-state index contributed by atoms with van der Waals surface area (Å²) < 4.78 is 19.4. The summed E-state index contributed by atoms with van der Waals surface area (Å²) in [6, 6.07) is 16.0. The van der Waals surface area contributed by atoms with E-state index in [4.69, 9.17) is 27.9 Å². The summed E-state index contributed by atoms with van der Waals surface area (Å²) in [6.45, 7) is 4.33. The molecule has 0 aliphatic carbocycles. The molecule has 3 aromatic carbocycles. The van der Waals surface area contributed by atoms with Crippen molar-refractivity contribution in [2.45, 2.75) is 6.92 Å². The van der Waals surface area contributed by atoms with Gasteiger partial charge in [0.25, 0.3) is 0 Å². The Kier molecular flexibility index (Phi) is 8.18. The van der Waals surface area contributed by atoms with Gasteiger partial charge in [-0.2, -0.15) is 0 Å². The van der Waals surface area contributed by atoms with Crippen LogP contribution in [0.15, 0.2) is 60.7 Å². The van der Waals surface area contributed by atoms with Crippen LogP contribution in [0.2, 0.25) is 10.0 Å². The third kappa shape index (κ3) is 6.01.